The van der Waals surface area contributed by atoms with Crippen molar-refractivity contribution in [1.82, 2.24) is 14.1 Å². The fraction of sp³-hybridized carbons (Fsp3) is 0.364. The van der Waals surface area contributed by atoms with Gasteiger partial charge in [0.1, 0.15) is 5.82 Å². The summed E-state index contributed by atoms with van der Waals surface area (Å²) in [6, 6.07) is 5.40. The molecule has 0 radical (unpaired) electrons. The summed E-state index contributed by atoms with van der Waals surface area (Å²) in [6.07, 6.45) is 2.56. The lowest BCUT2D eigenvalue weighted by Crippen LogP contribution is -2.24. The number of rotatable bonds is 4. The smallest absolute Gasteiger partial charge is 0.260 e. The maximum Gasteiger partial charge on any atom is 0.260 e. The highest BCUT2D eigenvalue weighted by Crippen LogP contribution is 2.17. The summed E-state index contributed by atoms with van der Waals surface area (Å²) in [5.41, 5.74) is 0.605. The van der Waals surface area contributed by atoms with E-state index in [2.05, 4.69) is 9.71 Å². The molecule has 2 heterocycles. The van der Waals surface area contributed by atoms with Crippen molar-refractivity contribution in [2.75, 3.05) is 6.54 Å². The third kappa shape index (κ3) is 2.18. The van der Waals surface area contributed by atoms with Crippen LogP contribution in [0.4, 0.5) is 0 Å². The molecule has 17 heavy (non-hydrogen) atoms. The van der Waals surface area contributed by atoms with Gasteiger partial charge in [-0.3, -0.25) is 0 Å². The fourth-order valence-corrected chi connectivity index (χ4v) is 2.96. The summed E-state index contributed by atoms with van der Waals surface area (Å²) in [6.45, 7) is 4.12. The van der Waals surface area contributed by atoms with Gasteiger partial charge in [-0.1, -0.05) is 13.0 Å². The average Bonchev–Trinajstić information content (AvgIpc) is 2.66. The van der Waals surface area contributed by atoms with Gasteiger partial charge < -0.3 is 4.40 Å². The first-order valence-corrected chi connectivity index (χ1v) is 6.98. The maximum absolute atomic E-state index is 12.0. The zero-order valence-corrected chi connectivity index (χ0v) is 10.7. The second-order valence-corrected chi connectivity index (χ2v) is 5.50. The molecule has 2 rings (SSSR count). The lowest BCUT2D eigenvalue weighted by Gasteiger charge is -2.02. The summed E-state index contributed by atoms with van der Waals surface area (Å²) in [5.74, 6) is 0.664. The highest BCUT2D eigenvalue weighted by atomic mass is 32.2. The molecule has 0 amide bonds. The van der Waals surface area contributed by atoms with E-state index in [1.807, 2.05) is 13.0 Å². The monoisotopic (exact) mass is 253 g/mol. The van der Waals surface area contributed by atoms with Gasteiger partial charge in [-0.25, -0.2) is 18.1 Å². The van der Waals surface area contributed by atoms with E-state index in [0.717, 1.165) is 6.42 Å². The zero-order chi connectivity index (χ0) is 12.5. The van der Waals surface area contributed by atoms with Crippen LogP contribution in [0.5, 0.6) is 0 Å². The van der Waals surface area contributed by atoms with Crippen molar-refractivity contribution >= 4 is 15.5 Å². The van der Waals surface area contributed by atoms with Crippen LogP contribution in [0.3, 0.4) is 0 Å². The Balaban J connectivity index is 2.56. The SMILES string of the molecule is CCCNS(=O)(=O)c1nc(C)n2ccccc12. The summed E-state index contributed by atoms with van der Waals surface area (Å²) in [4.78, 5) is 4.13. The Kier molecular flexibility index (Phi) is 3.17. The molecule has 5 nitrogen and oxygen atoms in total. The van der Waals surface area contributed by atoms with Crippen molar-refractivity contribution in [2.24, 2.45) is 0 Å². The van der Waals surface area contributed by atoms with E-state index in [1.54, 1.807) is 29.7 Å². The number of aryl methyl sites for hydroxylation is 1. The standard InChI is InChI=1S/C11H15N3O2S/c1-3-7-12-17(15,16)11-10-6-4-5-8-14(10)9(2)13-11/h4-6,8,12H,3,7H2,1-2H3. The third-order valence-electron chi connectivity index (χ3n) is 2.49. The number of nitrogens with zero attached hydrogens (tertiary/aromatic N) is 2. The van der Waals surface area contributed by atoms with E-state index in [4.69, 9.17) is 0 Å². The lowest BCUT2D eigenvalue weighted by molar-refractivity contribution is 0.578. The van der Waals surface area contributed by atoms with Crippen LogP contribution in [0, 0.1) is 6.92 Å². The molecule has 0 aromatic carbocycles. The highest BCUT2D eigenvalue weighted by Gasteiger charge is 2.20. The van der Waals surface area contributed by atoms with Crippen LogP contribution in [0.15, 0.2) is 29.4 Å². The van der Waals surface area contributed by atoms with E-state index in [9.17, 15) is 8.42 Å². The van der Waals surface area contributed by atoms with Gasteiger partial charge in [0.2, 0.25) is 0 Å². The average molecular weight is 253 g/mol. The van der Waals surface area contributed by atoms with Crippen molar-refractivity contribution in [1.29, 1.82) is 0 Å². The Morgan fingerprint density at radius 3 is 2.88 bits per heavy atom. The number of pyridine rings is 1. The van der Waals surface area contributed by atoms with E-state index in [-0.39, 0.29) is 5.03 Å². The molecule has 1 N–H and O–H groups in total. The first-order chi connectivity index (χ1) is 8.06. The minimum Gasteiger partial charge on any atom is -0.303 e. The third-order valence-corrected chi connectivity index (χ3v) is 3.88. The molecule has 0 aliphatic heterocycles. The van der Waals surface area contributed by atoms with Crippen molar-refractivity contribution < 1.29 is 8.42 Å². The summed E-state index contributed by atoms with van der Waals surface area (Å²) >= 11 is 0. The molecular weight excluding hydrogens is 238 g/mol. The van der Waals surface area contributed by atoms with Crippen LogP contribution in [-0.4, -0.2) is 24.3 Å². The molecule has 0 spiro atoms. The van der Waals surface area contributed by atoms with Gasteiger partial charge in [0, 0.05) is 12.7 Å². The highest BCUT2D eigenvalue weighted by molar-refractivity contribution is 7.89. The van der Waals surface area contributed by atoms with Crippen LogP contribution < -0.4 is 4.72 Å². The molecule has 0 aliphatic rings. The lowest BCUT2D eigenvalue weighted by atomic mass is 10.4. The van der Waals surface area contributed by atoms with Gasteiger partial charge in [0.25, 0.3) is 10.0 Å². The van der Waals surface area contributed by atoms with Crippen LogP contribution in [0.2, 0.25) is 0 Å². The van der Waals surface area contributed by atoms with Crippen molar-refractivity contribution in [2.45, 2.75) is 25.3 Å². The Labute approximate surface area is 101 Å². The molecule has 2 aromatic heterocycles. The zero-order valence-electron chi connectivity index (χ0n) is 9.84. The van der Waals surface area contributed by atoms with Crippen molar-refractivity contribution in [3.63, 3.8) is 0 Å². The van der Waals surface area contributed by atoms with Crippen molar-refractivity contribution in [3.05, 3.63) is 30.2 Å². The molecule has 0 saturated heterocycles. The number of nitrogens with one attached hydrogen (secondary N) is 1. The van der Waals surface area contributed by atoms with Gasteiger partial charge in [0.15, 0.2) is 5.03 Å². The number of imidazole rings is 1. The topological polar surface area (TPSA) is 63.5 Å². The van der Waals surface area contributed by atoms with Crippen LogP contribution in [0.1, 0.15) is 19.2 Å². The Bertz CT molecular complexity index is 631. The Morgan fingerprint density at radius 2 is 2.18 bits per heavy atom. The summed E-state index contributed by atoms with van der Waals surface area (Å²) in [7, 11) is -3.51. The molecule has 2 aromatic rings. The number of aromatic nitrogens is 2. The first-order valence-electron chi connectivity index (χ1n) is 5.49. The van der Waals surface area contributed by atoms with Gasteiger partial charge in [-0.05, 0) is 25.5 Å². The number of hydrogen-bond acceptors (Lipinski definition) is 3. The molecule has 6 heteroatoms. The maximum atomic E-state index is 12.0. The summed E-state index contributed by atoms with van der Waals surface area (Å²) in [5, 5.41) is 0.101. The number of fused-ring (bicyclic) bond motifs is 1. The fourth-order valence-electron chi connectivity index (χ4n) is 1.66. The normalized spacial score (nSPS) is 12.1. The molecule has 0 bridgehead atoms. The van der Waals surface area contributed by atoms with Gasteiger partial charge in [0.05, 0.1) is 5.52 Å². The van der Waals surface area contributed by atoms with Crippen LogP contribution in [-0.2, 0) is 10.0 Å². The molecule has 0 unspecified atom stereocenters. The second-order valence-electron chi connectivity index (χ2n) is 3.82. The molecule has 0 fully saturated rings. The number of sulfonamides is 1. The minimum absolute atomic E-state index is 0.101. The molecular formula is C11H15N3O2S. The van der Waals surface area contributed by atoms with Gasteiger partial charge >= 0.3 is 0 Å². The molecule has 92 valence electrons. The largest absolute Gasteiger partial charge is 0.303 e. The molecule has 0 atom stereocenters. The van der Waals surface area contributed by atoms with E-state index < -0.39 is 10.0 Å². The van der Waals surface area contributed by atoms with E-state index in [1.165, 1.54) is 0 Å². The number of hydrogen-bond donors (Lipinski definition) is 1. The Morgan fingerprint density at radius 1 is 1.41 bits per heavy atom. The van der Waals surface area contributed by atoms with Crippen LogP contribution >= 0.6 is 0 Å². The van der Waals surface area contributed by atoms with Crippen LogP contribution in [0.25, 0.3) is 5.52 Å². The van der Waals surface area contributed by atoms with Gasteiger partial charge in [-0.2, -0.15) is 0 Å². The quantitative estimate of drug-likeness (QED) is 0.894. The van der Waals surface area contributed by atoms with E-state index in [0.29, 0.717) is 17.9 Å². The second kappa shape index (κ2) is 4.46. The van der Waals surface area contributed by atoms with Gasteiger partial charge in [-0.15, -0.1) is 0 Å². The van der Waals surface area contributed by atoms with E-state index >= 15 is 0 Å². The molecule has 0 aliphatic carbocycles. The molecule has 0 saturated carbocycles. The predicted octanol–water partition coefficient (Wildman–Crippen LogP) is 1.33. The predicted molar refractivity (Wildman–Crippen MR) is 65.4 cm³/mol. The summed E-state index contributed by atoms with van der Waals surface area (Å²) < 4.78 is 28.4. The Hall–Kier alpha value is -1.40. The minimum atomic E-state index is -3.51. The van der Waals surface area contributed by atoms with Crippen molar-refractivity contribution in [3.8, 4) is 0 Å². The first kappa shape index (κ1) is 12.1.